The van der Waals surface area contributed by atoms with Crippen molar-refractivity contribution >= 4 is 38.9 Å². The Morgan fingerprint density at radius 1 is 1.16 bits per heavy atom. The van der Waals surface area contributed by atoms with Crippen molar-refractivity contribution in [2.24, 2.45) is 11.1 Å². The standard InChI is InChI=1S/C22H28N4O4S2/c23-32(29,30)19-3-4-20-17(14-19)8-12-26(20)21(27)15-25-10-6-16(7-11-25)22(28)24-9-5-18-2-1-13-31-18/h1-4,13-14,16H,5-12,15H2,(H,24,28)(H2,23,29,30). The zero-order valence-electron chi connectivity index (χ0n) is 17.8. The molecule has 2 aromatic rings. The second-order valence-corrected chi connectivity index (χ2v) is 10.9. The molecule has 0 aliphatic carbocycles. The summed E-state index contributed by atoms with van der Waals surface area (Å²) < 4.78 is 23.1. The van der Waals surface area contributed by atoms with Crippen molar-refractivity contribution in [1.29, 1.82) is 0 Å². The fourth-order valence-electron chi connectivity index (χ4n) is 4.35. The Morgan fingerprint density at radius 3 is 2.62 bits per heavy atom. The van der Waals surface area contributed by atoms with E-state index in [0.717, 1.165) is 30.5 Å². The van der Waals surface area contributed by atoms with E-state index >= 15 is 0 Å². The second-order valence-electron chi connectivity index (χ2n) is 8.30. The van der Waals surface area contributed by atoms with Crippen LogP contribution >= 0.6 is 11.3 Å². The van der Waals surface area contributed by atoms with Gasteiger partial charge < -0.3 is 10.2 Å². The summed E-state index contributed by atoms with van der Waals surface area (Å²) in [5.41, 5.74) is 1.57. The maximum Gasteiger partial charge on any atom is 0.241 e. The van der Waals surface area contributed by atoms with Crippen molar-refractivity contribution in [3.63, 3.8) is 0 Å². The van der Waals surface area contributed by atoms with Crippen LogP contribution < -0.4 is 15.4 Å². The van der Waals surface area contributed by atoms with Crippen LogP contribution in [0.3, 0.4) is 0 Å². The number of hydrogen-bond acceptors (Lipinski definition) is 6. The van der Waals surface area contributed by atoms with Gasteiger partial charge in [0.1, 0.15) is 0 Å². The molecule has 1 aromatic heterocycles. The minimum atomic E-state index is -3.76. The van der Waals surface area contributed by atoms with Crippen molar-refractivity contribution in [2.75, 3.05) is 37.6 Å². The van der Waals surface area contributed by atoms with Crippen molar-refractivity contribution in [3.05, 3.63) is 46.2 Å². The molecule has 2 aliphatic rings. The molecule has 8 nitrogen and oxygen atoms in total. The van der Waals surface area contributed by atoms with Crippen LogP contribution in [0.15, 0.2) is 40.6 Å². The number of primary sulfonamides is 1. The van der Waals surface area contributed by atoms with E-state index < -0.39 is 10.0 Å². The molecule has 172 valence electrons. The van der Waals surface area contributed by atoms with Crippen molar-refractivity contribution < 1.29 is 18.0 Å². The lowest BCUT2D eigenvalue weighted by molar-refractivity contribution is -0.126. The summed E-state index contributed by atoms with van der Waals surface area (Å²) in [5.74, 6) is 0.0893. The number of hydrogen-bond donors (Lipinski definition) is 2. The molecule has 0 saturated carbocycles. The highest BCUT2D eigenvalue weighted by atomic mass is 32.2. The lowest BCUT2D eigenvalue weighted by atomic mass is 9.96. The molecule has 2 aliphatic heterocycles. The number of rotatable bonds is 7. The first-order valence-corrected chi connectivity index (χ1v) is 13.2. The van der Waals surface area contributed by atoms with Crippen LogP contribution in [0.5, 0.6) is 0 Å². The zero-order chi connectivity index (χ0) is 22.7. The number of likely N-dealkylation sites (tertiary alicyclic amines) is 1. The molecule has 3 N–H and O–H groups in total. The molecule has 0 spiro atoms. The third kappa shape index (κ3) is 5.37. The molecule has 1 fully saturated rings. The molecule has 32 heavy (non-hydrogen) atoms. The smallest absolute Gasteiger partial charge is 0.241 e. The molecule has 4 rings (SSSR count). The van der Waals surface area contributed by atoms with Crippen LogP contribution in [-0.4, -0.2) is 57.9 Å². The van der Waals surface area contributed by atoms with Crippen LogP contribution in [0.2, 0.25) is 0 Å². The van der Waals surface area contributed by atoms with Gasteiger partial charge >= 0.3 is 0 Å². The monoisotopic (exact) mass is 476 g/mol. The Kier molecular flexibility index (Phi) is 6.94. The van der Waals surface area contributed by atoms with E-state index in [4.69, 9.17) is 5.14 Å². The Balaban J connectivity index is 1.24. The van der Waals surface area contributed by atoms with Gasteiger partial charge in [-0.3, -0.25) is 14.5 Å². The van der Waals surface area contributed by atoms with Gasteiger partial charge in [0.05, 0.1) is 11.4 Å². The number of carbonyl (C=O) groups excluding carboxylic acids is 2. The predicted octanol–water partition coefficient (Wildman–Crippen LogP) is 1.36. The van der Waals surface area contributed by atoms with Crippen molar-refractivity contribution in [3.8, 4) is 0 Å². The molecule has 0 atom stereocenters. The zero-order valence-corrected chi connectivity index (χ0v) is 19.5. The number of nitrogens with zero attached hydrogens (tertiary/aromatic N) is 2. The molecule has 1 saturated heterocycles. The summed E-state index contributed by atoms with van der Waals surface area (Å²) in [5, 5.41) is 10.3. The lowest BCUT2D eigenvalue weighted by Crippen LogP contribution is -2.45. The molecular weight excluding hydrogens is 448 g/mol. The second kappa shape index (κ2) is 9.70. The number of amides is 2. The number of anilines is 1. The number of thiophene rings is 1. The van der Waals surface area contributed by atoms with Gasteiger partial charge in [-0.25, -0.2) is 13.6 Å². The SMILES string of the molecule is NS(=O)(=O)c1ccc2c(c1)CCN2C(=O)CN1CCC(C(=O)NCCc2cccs2)CC1. The molecule has 0 radical (unpaired) electrons. The molecule has 10 heteroatoms. The fourth-order valence-corrected chi connectivity index (χ4v) is 5.63. The number of sulfonamides is 1. The summed E-state index contributed by atoms with van der Waals surface area (Å²) in [7, 11) is -3.76. The van der Waals surface area contributed by atoms with Crippen LogP contribution in [0, 0.1) is 5.92 Å². The average Bonchev–Trinajstić information content (AvgIpc) is 3.43. The molecular formula is C22H28N4O4S2. The highest BCUT2D eigenvalue weighted by Crippen LogP contribution is 2.30. The Hall–Kier alpha value is -2.27. The first kappa shape index (κ1) is 22.9. The topological polar surface area (TPSA) is 113 Å². The summed E-state index contributed by atoms with van der Waals surface area (Å²) in [4.78, 5) is 30.5. The summed E-state index contributed by atoms with van der Waals surface area (Å²) in [6.45, 7) is 2.90. The number of benzene rings is 1. The maximum atomic E-state index is 12.9. The summed E-state index contributed by atoms with van der Waals surface area (Å²) >= 11 is 1.70. The van der Waals surface area contributed by atoms with Crippen LogP contribution in [0.25, 0.3) is 0 Å². The normalized spacial score (nSPS) is 17.3. The number of nitrogens with one attached hydrogen (secondary N) is 1. The van der Waals surface area contributed by atoms with E-state index in [1.54, 1.807) is 28.4 Å². The third-order valence-electron chi connectivity index (χ3n) is 6.14. The quantitative estimate of drug-likeness (QED) is 0.627. The highest BCUT2D eigenvalue weighted by molar-refractivity contribution is 7.89. The summed E-state index contributed by atoms with van der Waals surface area (Å²) in [6.07, 6.45) is 2.95. The minimum absolute atomic E-state index is 0.00571. The van der Waals surface area contributed by atoms with E-state index in [0.29, 0.717) is 39.1 Å². The van der Waals surface area contributed by atoms with Crippen LogP contribution in [0.4, 0.5) is 5.69 Å². The largest absolute Gasteiger partial charge is 0.355 e. The van der Waals surface area contributed by atoms with Gasteiger partial charge in [0.15, 0.2) is 0 Å². The van der Waals surface area contributed by atoms with Gasteiger partial charge in [0, 0.05) is 29.6 Å². The lowest BCUT2D eigenvalue weighted by Gasteiger charge is -2.32. The molecule has 1 aromatic carbocycles. The van der Waals surface area contributed by atoms with E-state index in [9.17, 15) is 18.0 Å². The summed E-state index contributed by atoms with van der Waals surface area (Å²) in [6, 6.07) is 8.75. The van der Waals surface area contributed by atoms with Gasteiger partial charge in [0.2, 0.25) is 21.8 Å². The number of nitrogens with two attached hydrogens (primary N) is 1. The van der Waals surface area contributed by atoms with Gasteiger partial charge in [-0.05, 0) is 74.0 Å². The van der Waals surface area contributed by atoms with E-state index in [2.05, 4.69) is 16.3 Å². The van der Waals surface area contributed by atoms with Crippen LogP contribution in [0.1, 0.15) is 23.3 Å². The predicted molar refractivity (Wildman–Crippen MR) is 124 cm³/mol. The Labute approximate surface area is 192 Å². The van der Waals surface area contributed by atoms with E-state index in [-0.39, 0.29) is 22.6 Å². The number of fused-ring (bicyclic) bond motifs is 1. The first-order valence-electron chi connectivity index (χ1n) is 10.8. The molecule has 2 amide bonds. The van der Waals surface area contributed by atoms with Crippen molar-refractivity contribution in [1.82, 2.24) is 10.2 Å². The third-order valence-corrected chi connectivity index (χ3v) is 7.99. The first-order chi connectivity index (χ1) is 15.3. The molecule has 0 bridgehead atoms. The van der Waals surface area contributed by atoms with E-state index in [1.807, 2.05) is 11.4 Å². The van der Waals surface area contributed by atoms with Crippen molar-refractivity contribution in [2.45, 2.75) is 30.6 Å². The minimum Gasteiger partial charge on any atom is -0.355 e. The maximum absolute atomic E-state index is 12.9. The van der Waals surface area contributed by atoms with Gasteiger partial charge in [-0.1, -0.05) is 6.07 Å². The van der Waals surface area contributed by atoms with Gasteiger partial charge in [0.25, 0.3) is 0 Å². The fraction of sp³-hybridized carbons (Fsp3) is 0.455. The average molecular weight is 477 g/mol. The Morgan fingerprint density at radius 2 is 1.94 bits per heavy atom. The Bertz CT molecular complexity index is 1080. The van der Waals surface area contributed by atoms with E-state index in [1.165, 1.54) is 10.9 Å². The molecule has 0 unspecified atom stereocenters. The van der Waals surface area contributed by atoms with Gasteiger partial charge in [-0.2, -0.15) is 0 Å². The molecule has 3 heterocycles. The number of carbonyl (C=O) groups is 2. The highest BCUT2D eigenvalue weighted by Gasteiger charge is 2.30. The van der Waals surface area contributed by atoms with Gasteiger partial charge in [-0.15, -0.1) is 11.3 Å². The number of piperidine rings is 1. The van der Waals surface area contributed by atoms with Crippen LogP contribution in [-0.2, 0) is 32.5 Å².